The number of carbonyl (C=O) groups excluding carboxylic acids is 3. The summed E-state index contributed by atoms with van der Waals surface area (Å²) in [5.41, 5.74) is 0.812. The second kappa shape index (κ2) is 5.08. The van der Waals surface area contributed by atoms with Crippen molar-refractivity contribution in [3.63, 3.8) is 0 Å². The van der Waals surface area contributed by atoms with E-state index in [-0.39, 0.29) is 29.9 Å². The number of anilines is 1. The number of nitrogens with zero attached hydrogens (tertiary/aromatic N) is 3. The van der Waals surface area contributed by atoms with Gasteiger partial charge in [0, 0.05) is 18.3 Å². The van der Waals surface area contributed by atoms with Gasteiger partial charge < -0.3 is 9.80 Å². The first-order valence-corrected chi connectivity index (χ1v) is 8.11. The first-order chi connectivity index (χ1) is 11.1. The number of benzene rings is 1. The normalized spacial score (nSPS) is 30.6. The van der Waals surface area contributed by atoms with Crippen molar-refractivity contribution in [2.75, 3.05) is 11.4 Å². The van der Waals surface area contributed by atoms with Crippen LogP contribution in [0.4, 0.5) is 10.5 Å². The molecule has 0 bridgehead atoms. The van der Waals surface area contributed by atoms with Crippen LogP contribution >= 0.6 is 0 Å². The minimum Gasteiger partial charge on any atom is -0.312 e. The monoisotopic (exact) mass is 313 g/mol. The number of amides is 4. The SMILES string of the molecule is CC1CC(N2C(=O)[C@@H]3CCCN3C2=O)C(=O)N1c1ccccc1. The van der Waals surface area contributed by atoms with Crippen LogP contribution in [0, 0.1) is 0 Å². The van der Waals surface area contributed by atoms with E-state index in [0.717, 1.165) is 12.1 Å². The Morgan fingerprint density at radius 1 is 0.957 bits per heavy atom. The average molecular weight is 313 g/mol. The lowest BCUT2D eigenvalue weighted by Crippen LogP contribution is -2.46. The maximum absolute atomic E-state index is 12.9. The van der Waals surface area contributed by atoms with Gasteiger partial charge in [-0.15, -0.1) is 0 Å². The van der Waals surface area contributed by atoms with E-state index in [0.29, 0.717) is 19.4 Å². The zero-order chi connectivity index (χ0) is 16.1. The van der Waals surface area contributed by atoms with Gasteiger partial charge in [0.25, 0.3) is 11.8 Å². The van der Waals surface area contributed by atoms with Crippen LogP contribution in [-0.4, -0.2) is 52.3 Å². The summed E-state index contributed by atoms with van der Waals surface area (Å²) >= 11 is 0. The van der Waals surface area contributed by atoms with Gasteiger partial charge in [-0.1, -0.05) is 18.2 Å². The molecule has 120 valence electrons. The summed E-state index contributed by atoms with van der Waals surface area (Å²) in [5, 5.41) is 0. The molecule has 6 heteroatoms. The van der Waals surface area contributed by atoms with Crippen LogP contribution in [0.2, 0.25) is 0 Å². The Morgan fingerprint density at radius 3 is 2.35 bits per heavy atom. The number of imide groups is 1. The topological polar surface area (TPSA) is 60.9 Å². The van der Waals surface area contributed by atoms with Gasteiger partial charge in [0.05, 0.1) is 0 Å². The predicted octanol–water partition coefficient (Wildman–Crippen LogP) is 1.61. The van der Waals surface area contributed by atoms with Gasteiger partial charge in [0.2, 0.25) is 0 Å². The molecule has 3 heterocycles. The zero-order valence-corrected chi connectivity index (χ0v) is 13.0. The minimum atomic E-state index is -0.671. The summed E-state index contributed by atoms with van der Waals surface area (Å²) in [5.74, 6) is -0.362. The van der Waals surface area contributed by atoms with Crippen LogP contribution < -0.4 is 4.90 Å². The van der Waals surface area contributed by atoms with Crippen molar-refractivity contribution in [1.29, 1.82) is 0 Å². The van der Waals surface area contributed by atoms with Gasteiger partial charge in [0.15, 0.2) is 0 Å². The van der Waals surface area contributed by atoms with Gasteiger partial charge >= 0.3 is 6.03 Å². The van der Waals surface area contributed by atoms with Gasteiger partial charge in [-0.2, -0.15) is 0 Å². The third kappa shape index (κ3) is 1.97. The highest BCUT2D eigenvalue weighted by Gasteiger charge is 2.54. The Balaban J connectivity index is 1.63. The van der Waals surface area contributed by atoms with E-state index in [9.17, 15) is 14.4 Å². The molecule has 0 aromatic heterocycles. The molecule has 0 aliphatic carbocycles. The van der Waals surface area contributed by atoms with Crippen molar-refractivity contribution in [2.24, 2.45) is 0 Å². The summed E-state index contributed by atoms with van der Waals surface area (Å²) in [6.45, 7) is 2.57. The van der Waals surface area contributed by atoms with E-state index in [1.165, 1.54) is 4.90 Å². The van der Waals surface area contributed by atoms with Gasteiger partial charge in [0.1, 0.15) is 12.1 Å². The molecule has 4 rings (SSSR count). The van der Waals surface area contributed by atoms with Crippen LogP contribution in [0.15, 0.2) is 30.3 Å². The number of para-hydroxylation sites is 1. The summed E-state index contributed by atoms with van der Waals surface area (Å²) in [6, 6.07) is 8.06. The van der Waals surface area contributed by atoms with Crippen molar-refractivity contribution in [2.45, 2.75) is 44.3 Å². The third-order valence-electron chi connectivity index (χ3n) is 5.10. The number of carbonyl (C=O) groups is 3. The molecule has 0 spiro atoms. The first kappa shape index (κ1) is 14.2. The van der Waals surface area contributed by atoms with E-state index in [2.05, 4.69) is 0 Å². The van der Waals surface area contributed by atoms with Crippen LogP contribution in [0.5, 0.6) is 0 Å². The highest BCUT2D eigenvalue weighted by molar-refractivity contribution is 6.11. The van der Waals surface area contributed by atoms with Crippen molar-refractivity contribution < 1.29 is 14.4 Å². The molecule has 0 N–H and O–H groups in total. The fourth-order valence-electron chi connectivity index (χ4n) is 4.03. The molecule has 0 radical (unpaired) electrons. The molecule has 3 aliphatic rings. The summed E-state index contributed by atoms with van der Waals surface area (Å²) in [4.78, 5) is 42.5. The third-order valence-corrected chi connectivity index (χ3v) is 5.10. The molecular formula is C17H19N3O3. The van der Waals surface area contributed by atoms with Crippen LogP contribution in [0.1, 0.15) is 26.2 Å². The van der Waals surface area contributed by atoms with Crippen molar-refractivity contribution in [3.8, 4) is 0 Å². The number of hydrogen-bond acceptors (Lipinski definition) is 3. The highest BCUT2D eigenvalue weighted by atomic mass is 16.2. The Bertz CT molecular complexity index is 653. The maximum Gasteiger partial charge on any atom is 0.328 e. The average Bonchev–Trinajstić information content (AvgIpc) is 3.19. The lowest BCUT2D eigenvalue weighted by molar-refractivity contribution is -0.133. The van der Waals surface area contributed by atoms with Crippen LogP contribution in [-0.2, 0) is 9.59 Å². The predicted molar refractivity (Wildman–Crippen MR) is 83.8 cm³/mol. The van der Waals surface area contributed by atoms with Gasteiger partial charge in [-0.05, 0) is 38.3 Å². The Morgan fingerprint density at radius 2 is 1.65 bits per heavy atom. The number of hydrogen-bond donors (Lipinski definition) is 0. The molecule has 0 saturated carbocycles. The fourth-order valence-corrected chi connectivity index (χ4v) is 4.03. The van der Waals surface area contributed by atoms with Crippen LogP contribution in [0.3, 0.4) is 0 Å². The first-order valence-electron chi connectivity index (χ1n) is 8.11. The smallest absolute Gasteiger partial charge is 0.312 e. The van der Waals surface area contributed by atoms with Gasteiger partial charge in [-0.25, -0.2) is 9.69 Å². The quantitative estimate of drug-likeness (QED) is 0.779. The molecule has 3 atom stereocenters. The summed E-state index contributed by atoms with van der Waals surface area (Å²) in [7, 11) is 0. The number of rotatable bonds is 2. The molecule has 3 fully saturated rings. The van der Waals surface area contributed by atoms with E-state index in [1.807, 2.05) is 37.3 Å². The molecule has 3 saturated heterocycles. The van der Waals surface area contributed by atoms with Crippen molar-refractivity contribution in [1.82, 2.24) is 9.80 Å². The summed E-state index contributed by atoms with van der Waals surface area (Å²) < 4.78 is 0. The van der Waals surface area contributed by atoms with E-state index in [4.69, 9.17) is 0 Å². The van der Waals surface area contributed by atoms with Crippen molar-refractivity contribution >= 4 is 23.5 Å². The number of fused-ring (bicyclic) bond motifs is 1. The standard InChI is InChI=1S/C17H19N3O3/c1-11-10-14(16(22)19(11)12-6-3-2-4-7-12)20-15(21)13-8-5-9-18(13)17(20)23/h2-4,6-7,11,13-14H,5,8-10H2,1H3/t11?,13-,14?/m0/s1. The number of urea groups is 1. The van der Waals surface area contributed by atoms with E-state index < -0.39 is 6.04 Å². The molecule has 1 aromatic rings. The Kier molecular flexibility index (Phi) is 3.14. The molecule has 1 aromatic carbocycles. The largest absolute Gasteiger partial charge is 0.328 e. The molecule has 3 aliphatic heterocycles. The fraction of sp³-hybridized carbons (Fsp3) is 0.471. The lowest BCUT2D eigenvalue weighted by Gasteiger charge is -2.23. The minimum absolute atomic E-state index is 0.0362. The maximum atomic E-state index is 12.9. The van der Waals surface area contributed by atoms with E-state index >= 15 is 0 Å². The van der Waals surface area contributed by atoms with Crippen LogP contribution in [0.25, 0.3) is 0 Å². The second-order valence-electron chi connectivity index (χ2n) is 6.49. The summed E-state index contributed by atoms with van der Waals surface area (Å²) in [6.07, 6.45) is 2.06. The van der Waals surface area contributed by atoms with E-state index in [1.54, 1.807) is 9.80 Å². The molecule has 4 amide bonds. The Labute approximate surface area is 134 Å². The lowest BCUT2D eigenvalue weighted by atomic mass is 10.1. The molecular weight excluding hydrogens is 294 g/mol. The Hall–Kier alpha value is -2.37. The van der Waals surface area contributed by atoms with Gasteiger partial charge in [-0.3, -0.25) is 9.59 Å². The zero-order valence-electron chi connectivity index (χ0n) is 13.0. The highest BCUT2D eigenvalue weighted by Crippen LogP contribution is 2.35. The van der Waals surface area contributed by atoms with Crippen molar-refractivity contribution in [3.05, 3.63) is 30.3 Å². The second-order valence-corrected chi connectivity index (χ2v) is 6.49. The molecule has 2 unspecified atom stereocenters. The molecule has 6 nitrogen and oxygen atoms in total. The molecule has 23 heavy (non-hydrogen) atoms.